The minimum atomic E-state index is -3.13. The van der Waals surface area contributed by atoms with E-state index in [1.807, 2.05) is 0 Å². The summed E-state index contributed by atoms with van der Waals surface area (Å²) in [6, 6.07) is 4.54. The second-order valence-corrected chi connectivity index (χ2v) is 9.64. The Kier molecular flexibility index (Phi) is 6.66. The standard InChI is InChI=1S/C20H27NO7S/c1-26-16-8-5-9-17(27-2)19(16)20(23)28-12-18(22)21(14-6-3-4-7-14)15-10-11-29(24,25)13-15/h5,8-9,14-15H,3-4,6-7,10-13H2,1-2H3/t15-/m0/s1. The number of hydrogen-bond donors (Lipinski definition) is 0. The molecule has 1 amide bonds. The van der Waals surface area contributed by atoms with Crippen LogP contribution in [0.2, 0.25) is 0 Å². The molecular formula is C20H27NO7S. The average Bonchev–Trinajstić information content (AvgIpc) is 3.35. The molecule has 1 saturated carbocycles. The van der Waals surface area contributed by atoms with Gasteiger partial charge in [-0.25, -0.2) is 13.2 Å². The third-order valence-electron chi connectivity index (χ3n) is 5.57. The van der Waals surface area contributed by atoms with E-state index in [1.165, 1.54) is 14.2 Å². The van der Waals surface area contributed by atoms with Crippen molar-refractivity contribution < 1.29 is 32.2 Å². The molecule has 1 aromatic rings. The number of carbonyl (C=O) groups is 2. The molecule has 0 aromatic heterocycles. The normalized spacial score (nSPS) is 21.0. The van der Waals surface area contributed by atoms with Crippen LogP contribution < -0.4 is 9.47 Å². The van der Waals surface area contributed by atoms with Gasteiger partial charge in [-0.05, 0) is 31.4 Å². The lowest BCUT2D eigenvalue weighted by Crippen LogP contribution is -2.48. The van der Waals surface area contributed by atoms with Crippen molar-refractivity contribution in [3.8, 4) is 11.5 Å². The van der Waals surface area contributed by atoms with Crippen molar-refractivity contribution in [1.29, 1.82) is 0 Å². The molecule has 8 nitrogen and oxygen atoms in total. The number of amides is 1. The Morgan fingerprint density at radius 1 is 1.03 bits per heavy atom. The van der Waals surface area contributed by atoms with E-state index in [-0.39, 0.29) is 46.6 Å². The maximum Gasteiger partial charge on any atom is 0.346 e. The van der Waals surface area contributed by atoms with Gasteiger partial charge in [-0.1, -0.05) is 18.9 Å². The summed E-state index contributed by atoms with van der Waals surface area (Å²) in [7, 11) is -0.271. The number of ether oxygens (including phenoxy) is 3. The number of sulfone groups is 1. The summed E-state index contributed by atoms with van der Waals surface area (Å²) in [4.78, 5) is 27.2. The molecule has 0 radical (unpaired) electrons. The Bertz CT molecular complexity index is 839. The molecule has 1 aliphatic carbocycles. The quantitative estimate of drug-likeness (QED) is 0.615. The van der Waals surface area contributed by atoms with Gasteiger partial charge in [0, 0.05) is 12.1 Å². The van der Waals surface area contributed by atoms with E-state index in [2.05, 4.69) is 0 Å². The van der Waals surface area contributed by atoms with Gasteiger partial charge < -0.3 is 19.1 Å². The van der Waals surface area contributed by atoms with Crippen LogP contribution in [0.15, 0.2) is 18.2 Å². The number of hydrogen-bond acceptors (Lipinski definition) is 7. The molecule has 1 saturated heterocycles. The van der Waals surface area contributed by atoms with Gasteiger partial charge >= 0.3 is 5.97 Å². The highest BCUT2D eigenvalue weighted by molar-refractivity contribution is 7.91. The Morgan fingerprint density at radius 3 is 2.17 bits per heavy atom. The minimum Gasteiger partial charge on any atom is -0.496 e. The number of benzene rings is 1. The Balaban J connectivity index is 1.73. The first-order chi connectivity index (χ1) is 13.9. The van der Waals surface area contributed by atoms with E-state index in [1.54, 1.807) is 23.1 Å². The molecule has 2 aliphatic rings. The topological polar surface area (TPSA) is 99.2 Å². The predicted molar refractivity (Wildman–Crippen MR) is 106 cm³/mol. The van der Waals surface area contributed by atoms with Gasteiger partial charge in [-0.2, -0.15) is 0 Å². The van der Waals surface area contributed by atoms with E-state index in [9.17, 15) is 18.0 Å². The molecule has 29 heavy (non-hydrogen) atoms. The van der Waals surface area contributed by atoms with Gasteiger partial charge in [-0.3, -0.25) is 4.79 Å². The molecular weight excluding hydrogens is 398 g/mol. The number of esters is 1. The highest BCUT2D eigenvalue weighted by Crippen LogP contribution is 2.31. The summed E-state index contributed by atoms with van der Waals surface area (Å²) in [5, 5.41) is 0. The second kappa shape index (κ2) is 9.02. The van der Waals surface area contributed by atoms with Crippen molar-refractivity contribution in [2.75, 3.05) is 32.3 Å². The van der Waals surface area contributed by atoms with Crippen molar-refractivity contribution in [3.63, 3.8) is 0 Å². The minimum absolute atomic E-state index is 0.000277. The molecule has 1 aromatic carbocycles. The number of methoxy groups -OCH3 is 2. The summed E-state index contributed by atoms with van der Waals surface area (Å²) in [6.07, 6.45) is 4.13. The second-order valence-electron chi connectivity index (χ2n) is 7.41. The zero-order valence-electron chi connectivity index (χ0n) is 16.8. The third-order valence-corrected chi connectivity index (χ3v) is 7.32. The van der Waals surface area contributed by atoms with Crippen molar-refractivity contribution >= 4 is 21.7 Å². The van der Waals surface area contributed by atoms with Gasteiger partial charge in [0.2, 0.25) is 0 Å². The Hall–Kier alpha value is -2.29. The van der Waals surface area contributed by atoms with E-state index in [0.717, 1.165) is 25.7 Å². The van der Waals surface area contributed by atoms with Crippen LogP contribution in [0.5, 0.6) is 11.5 Å². The molecule has 2 fully saturated rings. The van der Waals surface area contributed by atoms with Crippen LogP contribution in [0.3, 0.4) is 0 Å². The maximum absolute atomic E-state index is 13.0. The molecule has 0 spiro atoms. The van der Waals surface area contributed by atoms with Crippen LogP contribution in [0.25, 0.3) is 0 Å². The van der Waals surface area contributed by atoms with Gasteiger partial charge in [0.1, 0.15) is 17.1 Å². The average molecular weight is 426 g/mol. The van der Waals surface area contributed by atoms with Crippen molar-refractivity contribution in [2.24, 2.45) is 0 Å². The van der Waals surface area contributed by atoms with Gasteiger partial charge in [0.15, 0.2) is 16.4 Å². The first-order valence-corrected chi connectivity index (χ1v) is 11.6. The molecule has 3 rings (SSSR count). The highest BCUT2D eigenvalue weighted by atomic mass is 32.2. The molecule has 9 heteroatoms. The zero-order valence-corrected chi connectivity index (χ0v) is 17.6. The van der Waals surface area contributed by atoms with E-state index >= 15 is 0 Å². The molecule has 160 valence electrons. The van der Waals surface area contributed by atoms with Crippen LogP contribution in [0.4, 0.5) is 0 Å². The van der Waals surface area contributed by atoms with Gasteiger partial charge in [-0.15, -0.1) is 0 Å². The molecule has 1 aliphatic heterocycles. The lowest BCUT2D eigenvalue weighted by molar-refractivity contribution is -0.139. The fraction of sp³-hybridized carbons (Fsp3) is 0.600. The van der Waals surface area contributed by atoms with Crippen LogP contribution in [-0.2, 0) is 19.4 Å². The highest BCUT2D eigenvalue weighted by Gasteiger charge is 2.39. The number of nitrogens with zero attached hydrogens (tertiary/aromatic N) is 1. The predicted octanol–water partition coefficient (Wildman–Crippen LogP) is 1.82. The van der Waals surface area contributed by atoms with Gasteiger partial charge in [0.05, 0.1) is 25.7 Å². The molecule has 0 bridgehead atoms. The van der Waals surface area contributed by atoms with E-state index in [0.29, 0.717) is 6.42 Å². The molecule has 1 atom stereocenters. The lowest BCUT2D eigenvalue weighted by Gasteiger charge is -2.33. The Labute approximate surface area is 171 Å². The molecule has 0 N–H and O–H groups in total. The molecule has 0 unspecified atom stereocenters. The third kappa shape index (κ3) is 4.83. The first kappa shape index (κ1) is 21.4. The van der Waals surface area contributed by atoms with Crippen LogP contribution >= 0.6 is 0 Å². The summed E-state index contributed by atoms with van der Waals surface area (Å²) in [6.45, 7) is -0.451. The van der Waals surface area contributed by atoms with Gasteiger partial charge in [0.25, 0.3) is 5.91 Å². The SMILES string of the molecule is COc1cccc(OC)c1C(=O)OCC(=O)N(C1CCCC1)[C@H]1CCS(=O)(=O)C1. The summed E-state index contributed by atoms with van der Waals surface area (Å²) >= 11 is 0. The first-order valence-electron chi connectivity index (χ1n) is 9.76. The van der Waals surface area contributed by atoms with Crippen molar-refractivity contribution in [1.82, 2.24) is 4.90 Å². The zero-order chi connectivity index (χ0) is 21.0. The summed E-state index contributed by atoms with van der Waals surface area (Å²) in [5.41, 5.74) is 0.112. The Morgan fingerprint density at radius 2 is 1.66 bits per heavy atom. The van der Waals surface area contributed by atoms with Crippen LogP contribution in [0.1, 0.15) is 42.5 Å². The summed E-state index contributed by atoms with van der Waals surface area (Å²) < 4.78 is 39.5. The number of rotatable bonds is 7. The fourth-order valence-electron chi connectivity index (χ4n) is 4.21. The number of carbonyl (C=O) groups excluding carboxylic acids is 2. The molecule has 1 heterocycles. The van der Waals surface area contributed by atoms with E-state index in [4.69, 9.17) is 14.2 Å². The lowest BCUT2D eigenvalue weighted by atomic mass is 10.1. The maximum atomic E-state index is 13.0. The van der Waals surface area contributed by atoms with E-state index < -0.39 is 22.4 Å². The van der Waals surface area contributed by atoms with Crippen molar-refractivity contribution in [3.05, 3.63) is 23.8 Å². The summed E-state index contributed by atoms with van der Waals surface area (Å²) in [5.74, 6) is -0.442. The monoisotopic (exact) mass is 425 g/mol. The van der Waals surface area contributed by atoms with Crippen LogP contribution in [-0.4, -0.2) is 69.6 Å². The smallest absolute Gasteiger partial charge is 0.346 e. The largest absolute Gasteiger partial charge is 0.496 e. The van der Waals surface area contributed by atoms with Crippen LogP contribution in [0, 0.1) is 0 Å². The fourth-order valence-corrected chi connectivity index (χ4v) is 5.92. The van der Waals surface area contributed by atoms with Crippen molar-refractivity contribution in [2.45, 2.75) is 44.2 Å².